The number of ether oxygens (including phenoxy) is 1. The standard InChI is InChI=1S/C19H13Cl2N3O4/c1-2-6-28-18-12(8-14(20)9-17(18)21)7-13(11-22)19(25)23-15-4-3-5-16(10-15)24(26)27/h2-5,7-10H,1,6H2,(H,23,25)/b13-7+. The Morgan fingerprint density at radius 3 is 2.75 bits per heavy atom. The van der Waals surface area contributed by atoms with Gasteiger partial charge in [0.25, 0.3) is 11.6 Å². The van der Waals surface area contributed by atoms with Gasteiger partial charge in [-0.15, -0.1) is 0 Å². The average Bonchev–Trinajstić information content (AvgIpc) is 2.65. The van der Waals surface area contributed by atoms with Gasteiger partial charge in [-0.05, 0) is 24.3 Å². The van der Waals surface area contributed by atoms with Gasteiger partial charge in [0.15, 0.2) is 0 Å². The monoisotopic (exact) mass is 417 g/mol. The lowest BCUT2D eigenvalue weighted by Crippen LogP contribution is -2.13. The third-order valence-corrected chi connectivity index (χ3v) is 3.86. The number of rotatable bonds is 7. The fraction of sp³-hybridized carbons (Fsp3) is 0.0526. The summed E-state index contributed by atoms with van der Waals surface area (Å²) in [5.41, 5.74) is 0.0352. The number of nitro groups is 1. The van der Waals surface area contributed by atoms with Crippen LogP contribution in [-0.4, -0.2) is 17.4 Å². The summed E-state index contributed by atoms with van der Waals surface area (Å²) in [7, 11) is 0. The van der Waals surface area contributed by atoms with Gasteiger partial charge in [0.1, 0.15) is 24.0 Å². The van der Waals surface area contributed by atoms with E-state index in [0.717, 1.165) is 0 Å². The summed E-state index contributed by atoms with van der Waals surface area (Å²) in [4.78, 5) is 22.7. The number of anilines is 1. The maximum absolute atomic E-state index is 12.4. The number of amides is 1. The lowest BCUT2D eigenvalue weighted by Gasteiger charge is -2.11. The van der Waals surface area contributed by atoms with Crippen LogP contribution in [0.3, 0.4) is 0 Å². The molecule has 9 heteroatoms. The Morgan fingerprint density at radius 2 is 2.11 bits per heavy atom. The normalized spacial score (nSPS) is 10.7. The first-order valence-corrected chi connectivity index (χ1v) is 8.51. The second-order valence-electron chi connectivity index (χ2n) is 5.34. The van der Waals surface area contributed by atoms with Crippen LogP contribution in [0.1, 0.15) is 5.56 Å². The lowest BCUT2D eigenvalue weighted by molar-refractivity contribution is -0.384. The number of nitrogens with zero attached hydrogens (tertiary/aromatic N) is 2. The van der Waals surface area contributed by atoms with Gasteiger partial charge in [0, 0.05) is 28.4 Å². The summed E-state index contributed by atoms with van der Waals surface area (Å²) in [6.07, 6.45) is 2.78. The molecule has 0 saturated carbocycles. The summed E-state index contributed by atoms with van der Waals surface area (Å²) in [6.45, 7) is 3.71. The molecule has 2 rings (SSSR count). The first kappa shape index (κ1) is 21.0. The number of non-ortho nitro benzene ring substituents is 1. The first-order chi connectivity index (χ1) is 13.3. The van der Waals surface area contributed by atoms with Crippen molar-refractivity contribution in [1.82, 2.24) is 0 Å². The molecule has 0 heterocycles. The molecule has 0 aromatic heterocycles. The van der Waals surface area contributed by atoms with Crippen molar-refractivity contribution in [3.05, 3.63) is 80.3 Å². The zero-order valence-corrected chi connectivity index (χ0v) is 15.8. The molecule has 142 valence electrons. The number of halogens is 2. The number of nitro benzene ring substituents is 1. The van der Waals surface area contributed by atoms with Crippen molar-refractivity contribution >= 4 is 46.6 Å². The van der Waals surface area contributed by atoms with E-state index in [9.17, 15) is 20.2 Å². The molecule has 0 aliphatic rings. The highest BCUT2D eigenvalue weighted by molar-refractivity contribution is 6.36. The molecule has 7 nitrogen and oxygen atoms in total. The van der Waals surface area contributed by atoms with Crippen LogP contribution in [0.5, 0.6) is 5.75 Å². The predicted octanol–water partition coefficient (Wildman–Crippen LogP) is 5.01. The zero-order chi connectivity index (χ0) is 20.7. The number of nitriles is 1. The minimum atomic E-state index is -0.756. The molecule has 2 aromatic carbocycles. The Hall–Kier alpha value is -3.34. The van der Waals surface area contributed by atoms with Crippen LogP contribution in [0.25, 0.3) is 6.08 Å². The van der Waals surface area contributed by atoms with Crippen LogP contribution in [-0.2, 0) is 4.79 Å². The fourth-order valence-electron chi connectivity index (χ4n) is 2.18. The highest BCUT2D eigenvalue weighted by Crippen LogP contribution is 2.34. The molecule has 0 aliphatic heterocycles. The SMILES string of the molecule is C=CCOc1c(Cl)cc(Cl)cc1/C=C(\C#N)C(=O)Nc1cccc([N+](=O)[O-])c1. The Morgan fingerprint density at radius 1 is 1.36 bits per heavy atom. The molecule has 0 unspecified atom stereocenters. The van der Waals surface area contributed by atoms with Gasteiger partial charge in [-0.25, -0.2) is 0 Å². The number of carbonyl (C=O) groups excluding carboxylic acids is 1. The molecule has 2 aromatic rings. The lowest BCUT2D eigenvalue weighted by atomic mass is 10.1. The highest BCUT2D eigenvalue weighted by Gasteiger charge is 2.15. The smallest absolute Gasteiger partial charge is 0.271 e. The van der Waals surface area contributed by atoms with Crippen LogP contribution < -0.4 is 10.1 Å². The van der Waals surface area contributed by atoms with E-state index in [2.05, 4.69) is 11.9 Å². The summed E-state index contributed by atoms with van der Waals surface area (Å²) in [5.74, 6) is -0.518. The topological polar surface area (TPSA) is 105 Å². The summed E-state index contributed by atoms with van der Waals surface area (Å²) in [6, 6.07) is 10.1. The van der Waals surface area contributed by atoms with E-state index in [4.69, 9.17) is 27.9 Å². The molecule has 28 heavy (non-hydrogen) atoms. The summed E-state index contributed by atoms with van der Waals surface area (Å²) >= 11 is 12.1. The average molecular weight is 418 g/mol. The van der Waals surface area contributed by atoms with Gasteiger partial charge < -0.3 is 10.1 Å². The number of benzene rings is 2. The van der Waals surface area contributed by atoms with E-state index in [0.29, 0.717) is 10.6 Å². The Kier molecular flexibility index (Phi) is 7.15. The van der Waals surface area contributed by atoms with Gasteiger partial charge >= 0.3 is 0 Å². The minimum Gasteiger partial charge on any atom is -0.487 e. The molecule has 0 atom stereocenters. The van der Waals surface area contributed by atoms with Crippen LogP contribution >= 0.6 is 23.2 Å². The van der Waals surface area contributed by atoms with E-state index in [1.165, 1.54) is 48.6 Å². The molecule has 0 fully saturated rings. The Labute approximate surface area is 170 Å². The van der Waals surface area contributed by atoms with Crippen molar-refractivity contribution in [2.75, 3.05) is 11.9 Å². The number of hydrogen-bond donors (Lipinski definition) is 1. The van der Waals surface area contributed by atoms with Gasteiger partial charge in [0.2, 0.25) is 0 Å². The molecule has 0 spiro atoms. The third-order valence-electron chi connectivity index (χ3n) is 3.36. The molecular formula is C19H13Cl2N3O4. The van der Waals surface area contributed by atoms with E-state index in [1.54, 1.807) is 6.07 Å². The molecule has 0 aliphatic carbocycles. The van der Waals surface area contributed by atoms with E-state index in [-0.39, 0.29) is 34.3 Å². The van der Waals surface area contributed by atoms with Crippen LogP contribution in [0, 0.1) is 21.4 Å². The predicted molar refractivity (Wildman–Crippen MR) is 107 cm³/mol. The highest BCUT2D eigenvalue weighted by atomic mass is 35.5. The van der Waals surface area contributed by atoms with Crippen molar-refractivity contribution in [3.63, 3.8) is 0 Å². The fourth-order valence-corrected chi connectivity index (χ4v) is 2.75. The summed E-state index contributed by atoms with van der Waals surface area (Å²) in [5, 5.41) is 23.2. The maximum Gasteiger partial charge on any atom is 0.271 e. The molecule has 1 amide bonds. The van der Waals surface area contributed by atoms with E-state index in [1.807, 2.05) is 0 Å². The molecule has 0 radical (unpaired) electrons. The van der Waals surface area contributed by atoms with Gasteiger partial charge in [0.05, 0.1) is 9.95 Å². The van der Waals surface area contributed by atoms with Gasteiger partial charge in [-0.2, -0.15) is 5.26 Å². The van der Waals surface area contributed by atoms with Crippen molar-refractivity contribution < 1.29 is 14.5 Å². The second kappa shape index (κ2) is 9.55. The minimum absolute atomic E-state index is 0.157. The largest absolute Gasteiger partial charge is 0.487 e. The van der Waals surface area contributed by atoms with E-state index < -0.39 is 10.8 Å². The zero-order valence-electron chi connectivity index (χ0n) is 14.3. The number of carbonyl (C=O) groups is 1. The summed E-state index contributed by atoms with van der Waals surface area (Å²) < 4.78 is 5.49. The van der Waals surface area contributed by atoms with Crippen LogP contribution in [0.15, 0.2) is 54.6 Å². The first-order valence-electron chi connectivity index (χ1n) is 7.76. The quantitative estimate of drug-likeness (QED) is 0.224. The van der Waals surface area contributed by atoms with Crippen molar-refractivity contribution in [2.45, 2.75) is 0 Å². The molecular weight excluding hydrogens is 405 g/mol. The second-order valence-corrected chi connectivity index (χ2v) is 6.18. The maximum atomic E-state index is 12.4. The van der Waals surface area contributed by atoms with Crippen molar-refractivity contribution in [2.24, 2.45) is 0 Å². The third kappa shape index (κ3) is 5.33. The van der Waals surface area contributed by atoms with Crippen molar-refractivity contribution in [3.8, 4) is 11.8 Å². The molecule has 1 N–H and O–H groups in total. The Bertz CT molecular complexity index is 1010. The van der Waals surface area contributed by atoms with Crippen molar-refractivity contribution in [1.29, 1.82) is 5.26 Å². The van der Waals surface area contributed by atoms with Crippen LogP contribution in [0.2, 0.25) is 10.0 Å². The number of nitrogens with one attached hydrogen (secondary N) is 1. The Balaban J connectivity index is 2.37. The van der Waals surface area contributed by atoms with Gasteiger partial charge in [-0.1, -0.05) is 41.9 Å². The van der Waals surface area contributed by atoms with Crippen LogP contribution in [0.4, 0.5) is 11.4 Å². The molecule has 0 saturated heterocycles. The van der Waals surface area contributed by atoms with Gasteiger partial charge in [-0.3, -0.25) is 14.9 Å². The number of hydrogen-bond acceptors (Lipinski definition) is 5. The van der Waals surface area contributed by atoms with E-state index >= 15 is 0 Å². The molecule has 0 bridgehead atoms.